The van der Waals surface area contributed by atoms with E-state index < -0.39 is 16.1 Å². The highest BCUT2D eigenvalue weighted by molar-refractivity contribution is 7.89. The summed E-state index contributed by atoms with van der Waals surface area (Å²) in [5.74, 6) is -0.208. The second-order valence-corrected chi connectivity index (χ2v) is 7.52. The second-order valence-electron chi connectivity index (χ2n) is 5.63. The topological polar surface area (TPSA) is 78.5 Å². The molecule has 1 aliphatic rings. The molecule has 2 rings (SSSR count). The van der Waals surface area contributed by atoms with Crippen LogP contribution in [0.2, 0.25) is 0 Å². The Labute approximate surface area is 138 Å². The molecule has 0 radical (unpaired) electrons. The van der Waals surface area contributed by atoms with Gasteiger partial charge in [-0.15, -0.1) is 0 Å². The fourth-order valence-corrected chi connectivity index (χ4v) is 4.39. The first-order valence-electron chi connectivity index (χ1n) is 8.12. The van der Waals surface area contributed by atoms with Gasteiger partial charge in [-0.1, -0.05) is 25.1 Å². The van der Waals surface area contributed by atoms with Crippen LogP contribution in [0.4, 0.5) is 0 Å². The van der Waals surface area contributed by atoms with Gasteiger partial charge in [-0.05, 0) is 37.9 Å². The molecule has 0 aromatic heterocycles. The molecule has 6 nitrogen and oxygen atoms in total. The van der Waals surface area contributed by atoms with Gasteiger partial charge < -0.3 is 10.6 Å². The van der Waals surface area contributed by atoms with E-state index in [4.69, 9.17) is 0 Å². The lowest BCUT2D eigenvalue weighted by molar-refractivity contribution is -0.124. The van der Waals surface area contributed by atoms with E-state index >= 15 is 0 Å². The maximum Gasteiger partial charge on any atom is 0.243 e. The van der Waals surface area contributed by atoms with Gasteiger partial charge in [-0.25, -0.2) is 8.42 Å². The zero-order valence-electron chi connectivity index (χ0n) is 13.5. The molecule has 7 heteroatoms. The van der Waals surface area contributed by atoms with Gasteiger partial charge in [0.1, 0.15) is 6.04 Å². The Kier molecular flexibility index (Phi) is 6.56. The third-order valence-electron chi connectivity index (χ3n) is 3.88. The molecule has 1 saturated heterocycles. The van der Waals surface area contributed by atoms with E-state index in [1.54, 1.807) is 30.3 Å². The molecule has 1 amide bonds. The van der Waals surface area contributed by atoms with Crippen LogP contribution in [0, 0.1) is 0 Å². The van der Waals surface area contributed by atoms with Crippen LogP contribution in [-0.4, -0.2) is 50.9 Å². The number of carbonyl (C=O) groups excluding carboxylic acids is 1. The van der Waals surface area contributed by atoms with Crippen molar-refractivity contribution in [2.75, 3.05) is 26.2 Å². The molecule has 23 heavy (non-hydrogen) atoms. The number of benzene rings is 1. The van der Waals surface area contributed by atoms with Crippen molar-refractivity contribution in [1.29, 1.82) is 0 Å². The Bertz CT molecular complexity index is 604. The lowest BCUT2D eigenvalue weighted by Gasteiger charge is -2.23. The van der Waals surface area contributed by atoms with Crippen LogP contribution < -0.4 is 10.6 Å². The van der Waals surface area contributed by atoms with Gasteiger partial charge in [0.2, 0.25) is 15.9 Å². The molecule has 1 unspecified atom stereocenters. The minimum atomic E-state index is -3.62. The minimum absolute atomic E-state index is 0.208. The van der Waals surface area contributed by atoms with Crippen LogP contribution >= 0.6 is 0 Å². The predicted molar refractivity (Wildman–Crippen MR) is 89.5 cm³/mol. The maximum atomic E-state index is 12.7. The number of hydrogen-bond donors (Lipinski definition) is 2. The third-order valence-corrected chi connectivity index (χ3v) is 5.81. The molecule has 1 heterocycles. The van der Waals surface area contributed by atoms with Crippen molar-refractivity contribution < 1.29 is 13.2 Å². The minimum Gasteiger partial charge on any atom is -0.353 e. The van der Waals surface area contributed by atoms with Crippen LogP contribution in [0.3, 0.4) is 0 Å². The molecule has 0 bridgehead atoms. The second kappa shape index (κ2) is 8.42. The van der Waals surface area contributed by atoms with Gasteiger partial charge in [0.25, 0.3) is 0 Å². The first-order valence-corrected chi connectivity index (χ1v) is 9.56. The Morgan fingerprint density at radius 1 is 1.22 bits per heavy atom. The van der Waals surface area contributed by atoms with E-state index in [1.165, 1.54) is 4.31 Å². The van der Waals surface area contributed by atoms with Crippen molar-refractivity contribution in [3.63, 3.8) is 0 Å². The van der Waals surface area contributed by atoms with Crippen molar-refractivity contribution >= 4 is 15.9 Å². The lowest BCUT2D eigenvalue weighted by Crippen LogP contribution is -2.47. The summed E-state index contributed by atoms with van der Waals surface area (Å²) in [6.07, 6.45) is 2.32. The maximum absolute atomic E-state index is 12.7. The van der Waals surface area contributed by atoms with Crippen LogP contribution in [0.1, 0.15) is 26.2 Å². The van der Waals surface area contributed by atoms with Gasteiger partial charge in [0.05, 0.1) is 4.90 Å². The number of amides is 1. The fraction of sp³-hybridized carbons (Fsp3) is 0.562. The molecular weight excluding hydrogens is 314 g/mol. The molecule has 2 N–H and O–H groups in total. The van der Waals surface area contributed by atoms with Crippen molar-refractivity contribution in [2.24, 2.45) is 0 Å². The Hall–Kier alpha value is -1.44. The van der Waals surface area contributed by atoms with E-state index in [1.807, 2.05) is 0 Å². The molecule has 0 saturated carbocycles. The van der Waals surface area contributed by atoms with E-state index in [9.17, 15) is 13.2 Å². The average molecular weight is 339 g/mol. The standard InChI is InChI=1S/C16H25N3O3S/c1-2-10-17-11-12-18-16(20)15-9-6-13-19(15)23(21,22)14-7-4-3-5-8-14/h3-5,7-8,15,17H,2,6,9-13H2,1H3,(H,18,20). The molecule has 1 fully saturated rings. The van der Waals surface area contributed by atoms with Gasteiger partial charge >= 0.3 is 0 Å². The number of sulfonamides is 1. The van der Waals surface area contributed by atoms with Crippen molar-refractivity contribution in [1.82, 2.24) is 14.9 Å². The molecule has 128 valence electrons. The van der Waals surface area contributed by atoms with E-state index in [2.05, 4.69) is 17.6 Å². The number of nitrogens with one attached hydrogen (secondary N) is 2. The van der Waals surface area contributed by atoms with Crippen LogP contribution in [0.15, 0.2) is 35.2 Å². The van der Waals surface area contributed by atoms with Gasteiger partial charge in [-0.2, -0.15) is 4.31 Å². The normalized spacial score (nSPS) is 18.9. The fourth-order valence-electron chi connectivity index (χ4n) is 2.71. The Balaban J connectivity index is 1.98. The number of rotatable bonds is 8. The molecule has 1 atom stereocenters. The Morgan fingerprint density at radius 3 is 2.65 bits per heavy atom. The smallest absolute Gasteiger partial charge is 0.243 e. The highest BCUT2D eigenvalue weighted by Crippen LogP contribution is 2.25. The highest BCUT2D eigenvalue weighted by Gasteiger charge is 2.39. The monoisotopic (exact) mass is 339 g/mol. The van der Waals surface area contributed by atoms with Crippen molar-refractivity contribution in [3.05, 3.63) is 30.3 Å². The zero-order chi connectivity index (χ0) is 16.7. The van der Waals surface area contributed by atoms with E-state index in [-0.39, 0.29) is 10.8 Å². The summed E-state index contributed by atoms with van der Waals surface area (Å²) in [6, 6.07) is 7.69. The highest BCUT2D eigenvalue weighted by atomic mass is 32.2. The van der Waals surface area contributed by atoms with E-state index in [0.29, 0.717) is 32.5 Å². The first-order chi connectivity index (χ1) is 11.1. The summed E-state index contributed by atoms with van der Waals surface area (Å²) >= 11 is 0. The number of carbonyl (C=O) groups is 1. The van der Waals surface area contributed by atoms with Crippen LogP contribution in [-0.2, 0) is 14.8 Å². The van der Waals surface area contributed by atoms with Crippen LogP contribution in [0.5, 0.6) is 0 Å². The predicted octanol–water partition coefficient (Wildman–Crippen LogP) is 0.956. The third kappa shape index (κ3) is 4.53. The summed E-state index contributed by atoms with van der Waals surface area (Å²) in [6.45, 7) is 4.58. The summed E-state index contributed by atoms with van der Waals surface area (Å²) in [5, 5.41) is 6.03. The van der Waals surface area contributed by atoms with Gasteiger partial charge in [-0.3, -0.25) is 4.79 Å². The molecule has 1 aromatic carbocycles. The molecule has 1 aliphatic heterocycles. The lowest BCUT2D eigenvalue weighted by atomic mass is 10.2. The van der Waals surface area contributed by atoms with Crippen LogP contribution in [0.25, 0.3) is 0 Å². The van der Waals surface area contributed by atoms with Crippen molar-refractivity contribution in [3.8, 4) is 0 Å². The largest absolute Gasteiger partial charge is 0.353 e. The van der Waals surface area contributed by atoms with E-state index in [0.717, 1.165) is 13.0 Å². The number of hydrogen-bond acceptors (Lipinski definition) is 4. The summed E-state index contributed by atoms with van der Waals surface area (Å²) < 4.78 is 26.7. The average Bonchev–Trinajstić information content (AvgIpc) is 3.06. The summed E-state index contributed by atoms with van der Waals surface area (Å²) in [5.41, 5.74) is 0. The summed E-state index contributed by atoms with van der Waals surface area (Å²) in [4.78, 5) is 12.6. The molecule has 0 aliphatic carbocycles. The molecule has 1 aromatic rings. The number of nitrogens with zero attached hydrogens (tertiary/aromatic N) is 1. The van der Waals surface area contributed by atoms with Crippen molar-refractivity contribution in [2.45, 2.75) is 37.1 Å². The van der Waals surface area contributed by atoms with Gasteiger partial charge in [0, 0.05) is 19.6 Å². The Morgan fingerprint density at radius 2 is 1.96 bits per heavy atom. The molecule has 0 spiro atoms. The van der Waals surface area contributed by atoms with Gasteiger partial charge in [0.15, 0.2) is 0 Å². The summed E-state index contributed by atoms with van der Waals surface area (Å²) in [7, 11) is -3.62. The zero-order valence-corrected chi connectivity index (χ0v) is 14.3. The molecular formula is C16H25N3O3S. The SMILES string of the molecule is CCCNCCNC(=O)C1CCCN1S(=O)(=O)c1ccccc1. The quantitative estimate of drug-likeness (QED) is 0.692. The first kappa shape index (κ1) is 17.9.